The van der Waals surface area contributed by atoms with E-state index in [0.29, 0.717) is 0 Å². The summed E-state index contributed by atoms with van der Waals surface area (Å²) in [5, 5.41) is 0. The van der Waals surface area contributed by atoms with E-state index in [1.807, 2.05) is 19.1 Å². The lowest BCUT2D eigenvalue weighted by Crippen LogP contribution is -2.48. The Morgan fingerprint density at radius 2 is 2.09 bits per heavy atom. The number of carbonyl (C=O) groups is 1. The van der Waals surface area contributed by atoms with Crippen molar-refractivity contribution in [3.05, 3.63) is 23.8 Å². The van der Waals surface area contributed by atoms with Crippen molar-refractivity contribution in [3.8, 4) is 11.5 Å². The van der Waals surface area contributed by atoms with Crippen molar-refractivity contribution >= 4 is 5.91 Å². The first-order chi connectivity index (χ1) is 10.9. The topological polar surface area (TPSA) is 64.8 Å². The predicted octanol–water partition coefficient (Wildman–Crippen LogP) is 2.12. The molecule has 1 fully saturated rings. The number of fused-ring (bicyclic) bond motifs is 1. The molecule has 5 nitrogen and oxygen atoms in total. The quantitative estimate of drug-likeness (QED) is 0.923. The number of para-hydroxylation sites is 1. The summed E-state index contributed by atoms with van der Waals surface area (Å²) < 4.78 is 12.3. The Bertz CT molecular complexity index is 592. The van der Waals surface area contributed by atoms with Crippen LogP contribution in [0, 0.1) is 0 Å². The maximum Gasteiger partial charge on any atom is 0.234 e. The van der Waals surface area contributed by atoms with E-state index in [1.54, 1.807) is 0 Å². The highest BCUT2D eigenvalue weighted by Crippen LogP contribution is 2.42. The molecule has 2 N–H and O–H groups in total. The molecule has 1 atom stereocenters. The van der Waals surface area contributed by atoms with E-state index in [1.165, 1.54) is 5.56 Å². The van der Waals surface area contributed by atoms with Crippen LogP contribution in [0.4, 0.5) is 0 Å². The average molecular weight is 318 g/mol. The van der Waals surface area contributed by atoms with E-state index in [-0.39, 0.29) is 23.7 Å². The number of hydrogen-bond donors (Lipinski definition) is 1. The fourth-order valence-electron chi connectivity index (χ4n) is 3.42. The largest absolute Gasteiger partial charge is 0.486 e. The monoisotopic (exact) mass is 318 g/mol. The highest BCUT2D eigenvalue weighted by atomic mass is 16.5. The van der Waals surface area contributed by atoms with Crippen LogP contribution in [0.15, 0.2) is 18.2 Å². The van der Waals surface area contributed by atoms with Gasteiger partial charge in [0.2, 0.25) is 5.91 Å². The molecule has 0 radical (unpaired) electrons. The molecule has 2 heterocycles. The van der Waals surface area contributed by atoms with Gasteiger partial charge in [-0.1, -0.05) is 12.1 Å². The first kappa shape index (κ1) is 16.1. The molecule has 1 aromatic rings. The van der Waals surface area contributed by atoms with Crippen molar-refractivity contribution in [2.24, 2.45) is 5.73 Å². The minimum Gasteiger partial charge on any atom is -0.486 e. The van der Waals surface area contributed by atoms with E-state index in [0.717, 1.165) is 43.9 Å². The van der Waals surface area contributed by atoms with Gasteiger partial charge in [-0.05, 0) is 39.7 Å². The van der Waals surface area contributed by atoms with Gasteiger partial charge in [0.25, 0.3) is 0 Å². The highest BCUT2D eigenvalue weighted by molar-refractivity contribution is 5.79. The zero-order valence-corrected chi connectivity index (χ0v) is 14.2. The molecule has 0 saturated carbocycles. The Kier molecular flexibility index (Phi) is 4.23. The van der Waals surface area contributed by atoms with Crippen LogP contribution in [-0.2, 0) is 11.2 Å². The van der Waals surface area contributed by atoms with Crippen LogP contribution in [0.25, 0.3) is 0 Å². The summed E-state index contributed by atoms with van der Waals surface area (Å²) >= 11 is 0. The molecule has 0 aliphatic carbocycles. The molecule has 126 valence electrons. The zero-order chi connectivity index (χ0) is 16.6. The molecule has 1 aromatic carbocycles. The third-order valence-electron chi connectivity index (χ3n) is 4.78. The Morgan fingerprint density at radius 3 is 2.74 bits per heavy atom. The number of ether oxygens (including phenoxy) is 2. The summed E-state index contributed by atoms with van der Waals surface area (Å²) in [5.41, 5.74) is 6.43. The first-order valence-electron chi connectivity index (χ1n) is 8.37. The van der Waals surface area contributed by atoms with Gasteiger partial charge in [0.1, 0.15) is 11.7 Å². The molecule has 1 saturated heterocycles. The number of primary amides is 1. The molecular formula is C18H26N2O3. The second-order valence-electron chi connectivity index (χ2n) is 7.21. The number of rotatable bonds is 4. The van der Waals surface area contributed by atoms with Gasteiger partial charge >= 0.3 is 0 Å². The molecule has 2 aliphatic rings. The van der Waals surface area contributed by atoms with Crippen LogP contribution >= 0.6 is 0 Å². The lowest BCUT2D eigenvalue weighted by Gasteiger charge is -2.34. The van der Waals surface area contributed by atoms with Gasteiger partial charge in [0.15, 0.2) is 11.5 Å². The minimum atomic E-state index is -0.263. The van der Waals surface area contributed by atoms with E-state index >= 15 is 0 Å². The number of likely N-dealkylation sites (tertiary alicyclic amines) is 1. The Labute approximate surface area is 137 Å². The zero-order valence-electron chi connectivity index (χ0n) is 14.2. The molecule has 3 rings (SSSR count). The maximum atomic E-state index is 11.3. The average Bonchev–Trinajstić information content (AvgIpc) is 2.82. The van der Waals surface area contributed by atoms with Gasteiger partial charge in [-0.3, -0.25) is 9.69 Å². The number of amides is 1. The van der Waals surface area contributed by atoms with Crippen molar-refractivity contribution in [2.75, 3.05) is 13.1 Å². The summed E-state index contributed by atoms with van der Waals surface area (Å²) in [6, 6.07) is 5.91. The molecule has 0 bridgehead atoms. The van der Waals surface area contributed by atoms with Crippen molar-refractivity contribution in [1.82, 2.24) is 4.90 Å². The molecule has 1 amide bonds. The number of benzene rings is 1. The molecule has 0 unspecified atom stereocenters. The van der Waals surface area contributed by atoms with Crippen LogP contribution in [0.2, 0.25) is 0 Å². The highest BCUT2D eigenvalue weighted by Gasteiger charge is 2.33. The van der Waals surface area contributed by atoms with Crippen LogP contribution < -0.4 is 15.2 Å². The number of nitrogens with zero attached hydrogens (tertiary/aromatic N) is 1. The smallest absolute Gasteiger partial charge is 0.234 e. The van der Waals surface area contributed by atoms with Gasteiger partial charge in [-0.2, -0.15) is 0 Å². The minimum absolute atomic E-state index is 0.158. The fourth-order valence-corrected chi connectivity index (χ4v) is 3.42. The normalized spacial score (nSPS) is 22.2. The van der Waals surface area contributed by atoms with Gasteiger partial charge in [-0.15, -0.1) is 0 Å². The summed E-state index contributed by atoms with van der Waals surface area (Å²) in [6.45, 7) is 7.72. The molecule has 0 spiro atoms. The Morgan fingerprint density at radius 1 is 1.39 bits per heavy atom. The summed E-state index contributed by atoms with van der Waals surface area (Å²) in [4.78, 5) is 13.4. The number of hydrogen-bond acceptors (Lipinski definition) is 4. The predicted molar refractivity (Wildman–Crippen MR) is 88.7 cm³/mol. The molecule has 2 aliphatic heterocycles. The fraction of sp³-hybridized carbons (Fsp3) is 0.611. The number of nitrogens with two attached hydrogens (primary N) is 1. The van der Waals surface area contributed by atoms with Crippen LogP contribution in [0.3, 0.4) is 0 Å². The Balaban J connectivity index is 1.63. The molecular weight excluding hydrogens is 292 g/mol. The molecule has 0 aromatic heterocycles. The third kappa shape index (κ3) is 3.44. The van der Waals surface area contributed by atoms with Crippen LogP contribution in [0.1, 0.15) is 39.2 Å². The van der Waals surface area contributed by atoms with Crippen LogP contribution in [0.5, 0.6) is 11.5 Å². The first-order valence-corrected chi connectivity index (χ1v) is 8.37. The van der Waals surface area contributed by atoms with Gasteiger partial charge < -0.3 is 15.2 Å². The second-order valence-corrected chi connectivity index (χ2v) is 7.21. The number of piperidine rings is 1. The van der Waals surface area contributed by atoms with Crippen molar-refractivity contribution in [1.29, 1.82) is 0 Å². The van der Waals surface area contributed by atoms with E-state index in [4.69, 9.17) is 15.2 Å². The lowest BCUT2D eigenvalue weighted by atomic mass is 10.0. The Hall–Kier alpha value is -1.75. The van der Waals surface area contributed by atoms with E-state index < -0.39 is 0 Å². The standard InChI is InChI=1S/C18H26N2O3/c1-12(17(19)21)20-9-7-14(8-10-20)22-15-6-4-5-13-11-18(2,3)23-16(13)15/h4-6,12,14H,7-11H2,1-3H3,(H2,19,21)/t12-/m1/s1. The van der Waals surface area contributed by atoms with Gasteiger partial charge in [0.05, 0.1) is 6.04 Å². The summed E-state index contributed by atoms with van der Waals surface area (Å²) in [5.74, 6) is 1.47. The second kappa shape index (κ2) is 6.04. The van der Waals surface area contributed by atoms with Gasteiger partial charge in [0, 0.05) is 25.1 Å². The maximum absolute atomic E-state index is 11.3. The SMILES string of the molecule is C[C@H](C(N)=O)N1CCC(Oc2cccc3c2OC(C)(C)C3)CC1. The summed E-state index contributed by atoms with van der Waals surface area (Å²) in [6.07, 6.45) is 2.86. The van der Waals surface area contributed by atoms with Crippen molar-refractivity contribution in [2.45, 2.75) is 57.8 Å². The van der Waals surface area contributed by atoms with E-state index in [2.05, 4.69) is 24.8 Å². The van der Waals surface area contributed by atoms with Crippen molar-refractivity contribution in [3.63, 3.8) is 0 Å². The van der Waals surface area contributed by atoms with Gasteiger partial charge in [-0.25, -0.2) is 0 Å². The van der Waals surface area contributed by atoms with Crippen LogP contribution in [-0.4, -0.2) is 41.6 Å². The number of carbonyl (C=O) groups excluding carboxylic acids is 1. The lowest BCUT2D eigenvalue weighted by molar-refractivity contribution is -0.123. The molecule has 23 heavy (non-hydrogen) atoms. The summed E-state index contributed by atoms with van der Waals surface area (Å²) in [7, 11) is 0. The van der Waals surface area contributed by atoms with E-state index in [9.17, 15) is 4.79 Å². The van der Waals surface area contributed by atoms with Crippen molar-refractivity contribution < 1.29 is 14.3 Å². The molecule has 5 heteroatoms. The third-order valence-corrected chi connectivity index (χ3v) is 4.78.